The summed E-state index contributed by atoms with van der Waals surface area (Å²) in [4.78, 5) is 0. The van der Waals surface area contributed by atoms with E-state index in [2.05, 4.69) is 39.8 Å². The summed E-state index contributed by atoms with van der Waals surface area (Å²) in [6.07, 6.45) is 8.11. The van der Waals surface area contributed by atoms with Crippen LogP contribution >= 0.6 is 0 Å². The summed E-state index contributed by atoms with van der Waals surface area (Å²) in [5.41, 5.74) is 2.95. The fraction of sp³-hybridized carbons (Fsp3) is 0.636. The molecule has 0 unspecified atom stereocenters. The Balaban J connectivity index is 3.89. The molecule has 0 heteroatoms. The predicted octanol–water partition coefficient (Wildman–Crippen LogP) is 4.09. The van der Waals surface area contributed by atoms with E-state index in [0.717, 1.165) is 6.42 Å². The Kier molecular flexibility index (Phi) is 5.91. The van der Waals surface area contributed by atoms with Gasteiger partial charge in [-0.3, -0.25) is 0 Å². The first kappa shape index (κ1) is 10.5. The van der Waals surface area contributed by atoms with Crippen LogP contribution in [-0.2, 0) is 0 Å². The van der Waals surface area contributed by atoms with Crippen molar-refractivity contribution in [2.24, 2.45) is 0 Å². The summed E-state index contributed by atoms with van der Waals surface area (Å²) >= 11 is 0. The maximum absolute atomic E-state index is 2.24. The SMILES string of the molecule is CCC/C(C)=C/C=C(/C)CC. The molecule has 0 heterocycles. The third kappa shape index (κ3) is 5.90. The first-order valence-corrected chi connectivity index (χ1v) is 4.53. The zero-order valence-corrected chi connectivity index (χ0v) is 8.28. The number of rotatable bonds is 4. The van der Waals surface area contributed by atoms with E-state index in [1.807, 2.05) is 0 Å². The van der Waals surface area contributed by atoms with Gasteiger partial charge in [-0.25, -0.2) is 0 Å². The van der Waals surface area contributed by atoms with Crippen LogP contribution in [0.2, 0.25) is 0 Å². The molecule has 0 aliphatic rings. The zero-order chi connectivity index (χ0) is 8.69. The molecule has 0 atom stereocenters. The van der Waals surface area contributed by atoms with Crippen molar-refractivity contribution in [2.75, 3.05) is 0 Å². The lowest BCUT2D eigenvalue weighted by Crippen LogP contribution is -1.74. The van der Waals surface area contributed by atoms with Crippen LogP contribution < -0.4 is 0 Å². The van der Waals surface area contributed by atoms with Crippen LogP contribution in [0, 0.1) is 0 Å². The van der Waals surface area contributed by atoms with E-state index in [9.17, 15) is 0 Å². The minimum absolute atomic E-state index is 1.16. The molecular formula is C11H20. The molecule has 0 aliphatic carbocycles. The quantitative estimate of drug-likeness (QED) is 0.532. The van der Waals surface area contributed by atoms with E-state index >= 15 is 0 Å². The molecule has 0 spiro atoms. The van der Waals surface area contributed by atoms with Crippen molar-refractivity contribution in [2.45, 2.75) is 47.0 Å². The molecule has 0 aromatic carbocycles. The number of allylic oxidation sites excluding steroid dienone is 4. The van der Waals surface area contributed by atoms with Crippen molar-refractivity contribution >= 4 is 0 Å². The summed E-state index contributed by atoms with van der Waals surface area (Å²) in [5.74, 6) is 0. The Bertz CT molecular complexity index is 149. The van der Waals surface area contributed by atoms with Crippen LogP contribution in [0.15, 0.2) is 23.3 Å². The van der Waals surface area contributed by atoms with Gasteiger partial charge < -0.3 is 0 Å². The third-order valence-electron chi connectivity index (χ3n) is 1.85. The Labute approximate surface area is 71.0 Å². The second-order valence-electron chi connectivity index (χ2n) is 3.13. The lowest BCUT2D eigenvalue weighted by molar-refractivity contribution is 0.905. The van der Waals surface area contributed by atoms with Crippen LogP contribution in [-0.4, -0.2) is 0 Å². The number of hydrogen-bond donors (Lipinski definition) is 0. The van der Waals surface area contributed by atoms with Crippen LogP contribution in [0.1, 0.15) is 47.0 Å². The lowest BCUT2D eigenvalue weighted by Gasteiger charge is -1.95. The van der Waals surface area contributed by atoms with Crippen LogP contribution in [0.4, 0.5) is 0 Å². The highest BCUT2D eigenvalue weighted by molar-refractivity contribution is 5.14. The third-order valence-corrected chi connectivity index (χ3v) is 1.85. The van der Waals surface area contributed by atoms with Gasteiger partial charge in [0.15, 0.2) is 0 Å². The Morgan fingerprint density at radius 1 is 1.00 bits per heavy atom. The molecular weight excluding hydrogens is 132 g/mol. The topological polar surface area (TPSA) is 0 Å². The fourth-order valence-electron chi connectivity index (χ4n) is 0.880. The van der Waals surface area contributed by atoms with Crippen molar-refractivity contribution < 1.29 is 0 Å². The number of hydrogen-bond acceptors (Lipinski definition) is 0. The molecule has 0 aliphatic heterocycles. The van der Waals surface area contributed by atoms with Gasteiger partial charge in [-0.1, -0.05) is 43.6 Å². The molecule has 0 radical (unpaired) electrons. The van der Waals surface area contributed by atoms with Crippen molar-refractivity contribution in [3.05, 3.63) is 23.3 Å². The van der Waals surface area contributed by atoms with E-state index in [-0.39, 0.29) is 0 Å². The molecule has 11 heavy (non-hydrogen) atoms. The molecule has 0 aromatic heterocycles. The van der Waals surface area contributed by atoms with Crippen molar-refractivity contribution in [1.82, 2.24) is 0 Å². The second kappa shape index (κ2) is 6.21. The average Bonchev–Trinajstić information content (AvgIpc) is 2.01. The van der Waals surface area contributed by atoms with Gasteiger partial charge in [-0.2, -0.15) is 0 Å². The Hall–Kier alpha value is -0.520. The van der Waals surface area contributed by atoms with Gasteiger partial charge in [0.25, 0.3) is 0 Å². The van der Waals surface area contributed by atoms with Crippen LogP contribution in [0.25, 0.3) is 0 Å². The Morgan fingerprint density at radius 2 is 1.55 bits per heavy atom. The van der Waals surface area contributed by atoms with Gasteiger partial charge in [-0.05, 0) is 26.7 Å². The molecule has 0 saturated carbocycles. The summed E-state index contributed by atoms with van der Waals surface area (Å²) < 4.78 is 0. The van der Waals surface area contributed by atoms with E-state index in [4.69, 9.17) is 0 Å². The molecule has 0 amide bonds. The average molecular weight is 152 g/mol. The summed E-state index contributed by atoms with van der Waals surface area (Å²) in [5, 5.41) is 0. The smallest absolute Gasteiger partial charge is 0.0323 e. The lowest BCUT2D eigenvalue weighted by atomic mass is 10.1. The normalized spacial score (nSPS) is 13.8. The summed E-state index contributed by atoms with van der Waals surface area (Å²) in [6.45, 7) is 8.78. The van der Waals surface area contributed by atoms with E-state index in [1.165, 1.54) is 24.0 Å². The highest BCUT2D eigenvalue weighted by Gasteiger charge is 1.84. The van der Waals surface area contributed by atoms with E-state index in [0.29, 0.717) is 0 Å². The second-order valence-corrected chi connectivity index (χ2v) is 3.13. The maximum Gasteiger partial charge on any atom is -0.0323 e. The van der Waals surface area contributed by atoms with Gasteiger partial charge in [-0.15, -0.1) is 0 Å². The monoisotopic (exact) mass is 152 g/mol. The molecule has 0 bridgehead atoms. The zero-order valence-electron chi connectivity index (χ0n) is 8.28. The van der Waals surface area contributed by atoms with Gasteiger partial charge >= 0.3 is 0 Å². The van der Waals surface area contributed by atoms with Gasteiger partial charge in [0.1, 0.15) is 0 Å². The minimum Gasteiger partial charge on any atom is -0.0736 e. The van der Waals surface area contributed by atoms with Gasteiger partial charge in [0, 0.05) is 0 Å². The molecule has 0 fully saturated rings. The molecule has 64 valence electrons. The summed E-state index contributed by atoms with van der Waals surface area (Å²) in [7, 11) is 0. The molecule has 0 rings (SSSR count). The highest BCUT2D eigenvalue weighted by atomic mass is 13.9. The van der Waals surface area contributed by atoms with Gasteiger partial charge in [0.2, 0.25) is 0 Å². The molecule has 0 N–H and O–H groups in total. The molecule has 0 aromatic rings. The van der Waals surface area contributed by atoms with E-state index < -0.39 is 0 Å². The standard InChI is InChI=1S/C11H20/c1-5-7-11(4)9-8-10(3)6-2/h8-9H,5-7H2,1-4H3/b10-8-,11-9+. The van der Waals surface area contributed by atoms with E-state index in [1.54, 1.807) is 0 Å². The van der Waals surface area contributed by atoms with Crippen molar-refractivity contribution in [3.8, 4) is 0 Å². The predicted molar refractivity (Wildman–Crippen MR) is 52.7 cm³/mol. The fourth-order valence-corrected chi connectivity index (χ4v) is 0.880. The minimum atomic E-state index is 1.16. The van der Waals surface area contributed by atoms with Crippen molar-refractivity contribution in [3.63, 3.8) is 0 Å². The van der Waals surface area contributed by atoms with Crippen LogP contribution in [0.5, 0.6) is 0 Å². The Morgan fingerprint density at radius 3 is 2.00 bits per heavy atom. The first-order chi connectivity index (χ1) is 5.20. The largest absolute Gasteiger partial charge is 0.0736 e. The van der Waals surface area contributed by atoms with Crippen molar-refractivity contribution in [1.29, 1.82) is 0 Å². The maximum atomic E-state index is 2.24. The van der Waals surface area contributed by atoms with Crippen LogP contribution in [0.3, 0.4) is 0 Å². The molecule has 0 nitrogen and oxygen atoms in total. The molecule has 0 saturated heterocycles. The van der Waals surface area contributed by atoms with Gasteiger partial charge in [0.05, 0.1) is 0 Å². The first-order valence-electron chi connectivity index (χ1n) is 4.53. The highest BCUT2D eigenvalue weighted by Crippen LogP contribution is 2.05. The summed E-state index contributed by atoms with van der Waals surface area (Å²) in [6, 6.07) is 0.